The summed E-state index contributed by atoms with van der Waals surface area (Å²) < 4.78 is 0. The first-order valence-corrected chi connectivity index (χ1v) is 30.5. The van der Waals surface area contributed by atoms with Gasteiger partial charge in [-0.2, -0.15) is 0 Å². The van der Waals surface area contributed by atoms with Gasteiger partial charge in [-0.3, -0.25) is 52.7 Å². The molecule has 1 heterocycles. The van der Waals surface area contributed by atoms with Crippen LogP contribution in [0.15, 0.2) is 12.2 Å². The Kier molecular flexibility index (Phi) is 32.2. The largest absolute Gasteiger partial charge is 0.393 e. The molecule has 1 aliphatic heterocycles. The van der Waals surface area contributed by atoms with Gasteiger partial charge in [0.05, 0.1) is 12.2 Å². The number of aliphatic hydroxyl groups excluding tert-OH is 2. The van der Waals surface area contributed by atoms with Crippen molar-refractivity contribution in [3.8, 4) is 0 Å². The van der Waals surface area contributed by atoms with E-state index < -0.39 is 118 Å². The van der Waals surface area contributed by atoms with Crippen molar-refractivity contribution in [3.63, 3.8) is 0 Å². The summed E-state index contributed by atoms with van der Waals surface area (Å²) in [4.78, 5) is 152. The lowest BCUT2D eigenvalue weighted by Gasteiger charge is -2.34. The molecule has 0 bridgehead atoms. The summed E-state index contributed by atoms with van der Waals surface area (Å²) in [6.07, 6.45) is 2.06. The fourth-order valence-corrected chi connectivity index (χ4v) is 9.54. The normalized spacial score (nSPS) is 18.0. The zero-order chi connectivity index (χ0) is 65.5. The molecule has 0 aromatic heterocycles. The molecule has 1 rings (SSSR count). The van der Waals surface area contributed by atoms with Gasteiger partial charge in [0.15, 0.2) is 0 Å². The van der Waals surface area contributed by atoms with Crippen LogP contribution in [0.4, 0.5) is 0 Å². The first kappa shape index (κ1) is 77.0. The molecule has 0 aliphatic carbocycles. The smallest absolute Gasteiger partial charge is 0.246 e. The van der Waals surface area contributed by atoms with E-state index in [-0.39, 0.29) is 98.8 Å². The molecule has 24 nitrogen and oxygen atoms in total. The summed E-state index contributed by atoms with van der Waals surface area (Å²) in [6, 6.07) is -6.63. The highest BCUT2D eigenvalue weighted by molar-refractivity contribution is 6.00. The third-order valence-corrected chi connectivity index (χ3v) is 14.9. The number of carbonyl (C=O) groups is 11. The predicted octanol–water partition coefficient (Wildman–Crippen LogP) is 1.94. The summed E-state index contributed by atoms with van der Waals surface area (Å²) >= 11 is 0. The van der Waals surface area contributed by atoms with Crippen LogP contribution in [0.3, 0.4) is 0 Å². The van der Waals surface area contributed by atoms with Gasteiger partial charge in [-0.25, -0.2) is 0 Å². The third kappa shape index (κ3) is 27.1. The number of likely N-dealkylation sites (tertiary alicyclic amines) is 1. The first-order chi connectivity index (χ1) is 39.2. The number of hydrogen-bond acceptors (Lipinski definition) is 14. The van der Waals surface area contributed by atoms with Gasteiger partial charge >= 0.3 is 0 Å². The number of rotatable bonds is 37. The van der Waals surface area contributed by atoms with E-state index in [1.165, 1.54) is 52.5 Å². The highest BCUT2D eigenvalue weighted by Crippen LogP contribution is 2.25. The van der Waals surface area contributed by atoms with Crippen LogP contribution in [0, 0.1) is 35.5 Å². The van der Waals surface area contributed by atoms with Crippen molar-refractivity contribution in [2.75, 3.05) is 26.7 Å². The van der Waals surface area contributed by atoms with Crippen LogP contribution >= 0.6 is 0 Å². The molecule has 11 atom stereocenters. The number of carbonyl (C=O) groups excluding carboxylic acids is 11. The Hall–Kier alpha value is -6.01. The lowest BCUT2D eigenvalue weighted by Crippen LogP contribution is -2.66. The minimum absolute atomic E-state index is 0.00469. The summed E-state index contributed by atoms with van der Waals surface area (Å²) in [5, 5.41) is 49.6. The molecule has 1 fully saturated rings. The maximum Gasteiger partial charge on any atom is 0.246 e. The second-order valence-electron chi connectivity index (χ2n) is 26.4. The van der Waals surface area contributed by atoms with E-state index in [9.17, 15) is 63.0 Å². The standard InChI is InChI=1S/C61H109N11O13/c1-20-37(9)22-23-48(76)72-33-39(11)30-46(72)54(81)66-45(29-38(10)28-42(74)31-41(73)21-2)52(79)68-49(50(77)36(7)8)55(82)70-60(15,16)57(84)67-43(26-34(3)4)51(78)65-44(27-35(5)6)53(80)69-61(17,18)58(85)71-59(13,14)56(83)63-25-24-47(75)64-40(12)32-62-19/h22-23,34-40,42-46,49-50,62,74,77H,20-21,24-33H2,1-19H3,(H,63,83)(H,64,75)(H,65,78)(H,66,81)(H,67,84)(H,68,79)(H,69,80)(H,70,82)(H,71,85)/b23-22+/t37-,38-,39+,40?,42?,43?,44?,45?,46?,49?,50?/m0/s1. The van der Waals surface area contributed by atoms with Crippen LogP contribution in [-0.2, 0) is 52.7 Å². The number of likely N-dealkylation sites (N-methyl/N-ethyl adjacent to an activating group) is 1. The van der Waals surface area contributed by atoms with Crippen molar-refractivity contribution in [1.82, 2.24) is 58.1 Å². The van der Waals surface area contributed by atoms with E-state index in [0.717, 1.165) is 6.42 Å². The molecule has 486 valence electrons. The molecule has 10 amide bonds. The molecule has 1 aliphatic rings. The minimum atomic E-state index is -1.82. The molecule has 12 N–H and O–H groups in total. The predicted molar refractivity (Wildman–Crippen MR) is 325 cm³/mol. The molecule has 24 heteroatoms. The van der Waals surface area contributed by atoms with Gasteiger partial charge in [-0.1, -0.05) is 88.7 Å². The van der Waals surface area contributed by atoms with Crippen molar-refractivity contribution in [3.05, 3.63) is 12.2 Å². The van der Waals surface area contributed by atoms with Crippen molar-refractivity contribution < 1.29 is 63.0 Å². The lowest BCUT2D eigenvalue weighted by molar-refractivity contribution is -0.140. The van der Waals surface area contributed by atoms with E-state index in [2.05, 4.69) is 53.2 Å². The average molecular weight is 1200 g/mol. The highest BCUT2D eigenvalue weighted by atomic mass is 16.3. The number of nitrogens with zero attached hydrogens (tertiary/aromatic N) is 1. The van der Waals surface area contributed by atoms with Crippen molar-refractivity contribution in [2.24, 2.45) is 35.5 Å². The molecule has 0 radical (unpaired) electrons. The number of allylic oxidation sites excluding steroid dienone is 1. The maximum absolute atomic E-state index is 14.5. The van der Waals surface area contributed by atoms with Gasteiger partial charge in [0.25, 0.3) is 0 Å². The number of nitrogens with one attached hydrogen (secondary N) is 10. The second kappa shape index (κ2) is 35.6. The van der Waals surface area contributed by atoms with Gasteiger partial charge in [0.1, 0.15) is 52.6 Å². The maximum atomic E-state index is 14.5. The van der Waals surface area contributed by atoms with E-state index in [1.54, 1.807) is 40.8 Å². The highest BCUT2D eigenvalue weighted by Gasteiger charge is 2.43. The third-order valence-electron chi connectivity index (χ3n) is 14.9. The Balaban J connectivity index is 3.45. The molecular formula is C61H109N11O13. The van der Waals surface area contributed by atoms with Gasteiger partial charge in [-0.05, 0) is 129 Å². The van der Waals surface area contributed by atoms with Crippen LogP contribution in [0.25, 0.3) is 0 Å². The Morgan fingerprint density at radius 1 is 0.624 bits per heavy atom. The minimum Gasteiger partial charge on any atom is -0.393 e. The van der Waals surface area contributed by atoms with Crippen molar-refractivity contribution in [1.29, 1.82) is 0 Å². The number of aliphatic hydroxyl groups is 2. The van der Waals surface area contributed by atoms with Gasteiger partial charge < -0.3 is 68.3 Å². The number of amides is 10. The van der Waals surface area contributed by atoms with Crippen LogP contribution in [0.2, 0.25) is 0 Å². The van der Waals surface area contributed by atoms with E-state index >= 15 is 0 Å². The van der Waals surface area contributed by atoms with Crippen LogP contribution in [0.1, 0.15) is 182 Å². The Labute approximate surface area is 506 Å². The van der Waals surface area contributed by atoms with E-state index in [0.29, 0.717) is 19.5 Å². The van der Waals surface area contributed by atoms with E-state index in [4.69, 9.17) is 0 Å². The molecule has 0 aromatic rings. The molecule has 8 unspecified atom stereocenters. The molecule has 85 heavy (non-hydrogen) atoms. The molecule has 1 saturated heterocycles. The monoisotopic (exact) mass is 1200 g/mol. The molecule has 0 saturated carbocycles. The second-order valence-corrected chi connectivity index (χ2v) is 26.4. The number of hydrogen-bond donors (Lipinski definition) is 12. The molecular weight excluding hydrogens is 1090 g/mol. The lowest BCUT2D eigenvalue weighted by atomic mass is 9.92. The summed E-state index contributed by atoms with van der Waals surface area (Å²) in [7, 11) is 1.76. The van der Waals surface area contributed by atoms with Crippen LogP contribution in [0.5, 0.6) is 0 Å². The summed E-state index contributed by atoms with van der Waals surface area (Å²) in [5.41, 5.74) is -4.92. The topological polar surface area (TPSA) is 352 Å². The molecule has 0 aromatic carbocycles. The Bertz CT molecular complexity index is 2300. The average Bonchev–Trinajstić information content (AvgIpc) is 3.97. The summed E-state index contributed by atoms with van der Waals surface area (Å²) in [6.45, 7) is 31.0. The van der Waals surface area contributed by atoms with Gasteiger partial charge in [0.2, 0.25) is 59.1 Å². The van der Waals surface area contributed by atoms with E-state index in [1.807, 2.05) is 55.4 Å². The molecule has 0 spiro atoms. The Morgan fingerprint density at radius 2 is 1.15 bits per heavy atom. The van der Waals surface area contributed by atoms with Crippen molar-refractivity contribution in [2.45, 2.75) is 247 Å². The van der Waals surface area contributed by atoms with Crippen LogP contribution in [-0.4, -0.2) is 172 Å². The number of ketones is 1. The van der Waals surface area contributed by atoms with Gasteiger partial charge in [0, 0.05) is 44.9 Å². The number of Topliss-reactive ketones (excluding diaryl/α,β-unsaturated/α-hetero) is 1. The zero-order valence-electron chi connectivity index (χ0n) is 54.6. The fourth-order valence-electron chi connectivity index (χ4n) is 9.54. The fraction of sp³-hybridized carbons (Fsp3) is 0.787. The zero-order valence-corrected chi connectivity index (χ0v) is 54.6. The Morgan fingerprint density at radius 3 is 1.69 bits per heavy atom. The first-order valence-electron chi connectivity index (χ1n) is 30.5. The SMILES string of the molecule is CCC(=O)CC(O)C[C@H](C)CC(NC(=O)C1C[C@@H](C)CN1C(=O)/C=C/[C@@H](C)CC)C(=O)NC(C(=O)NC(C)(C)C(=O)NC(CC(C)C)C(=O)NC(CC(C)C)C(=O)NC(C)(C)C(=O)NC(C)(C)C(=O)NCCC(=O)NC(C)CNC)C(O)C(C)C. The summed E-state index contributed by atoms with van der Waals surface area (Å²) in [5.74, 6) is -8.27. The quantitative estimate of drug-likeness (QED) is 0.0396. The van der Waals surface area contributed by atoms with Crippen LogP contribution < -0.4 is 53.2 Å². The van der Waals surface area contributed by atoms with Crippen molar-refractivity contribution >= 4 is 64.9 Å². The van der Waals surface area contributed by atoms with Gasteiger partial charge in [-0.15, -0.1) is 0 Å².